The minimum absolute atomic E-state index is 0.154. The largest absolute Gasteiger partial charge is 0.494 e. The first-order valence-corrected chi connectivity index (χ1v) is 8.71. The molecule has 0 amide bonds. The Labute approximate surface area is 148 Å². The van der Waals surface area contributed by atoms with Crippen LogP contribution >= 0.6 is 12.6 Å². The van der Waals surface area contributed by atoms with Gasteiger partial charge in [-0.3, -0.25) is 0 Å². The molecule has 2 fully saturated rings. The van der Waals surface area contributed by atoms with Crippen molar-refractivity contribution in [1.29, 1.82) is 10.5 Å². The van der Waals surface area contributed by atoms with Crippen LogP contribution in [-0.4, -0.2) is 43.4 Å². The Kier molecular flexibility index (Phi) is 6.56. The zero-order chi connectivity index (χ0) is 17.6. The van der Waals surface area contributed by atoms with E-state index < -0.39 is 5.41 Å². The minimum Gasteiger partial charge on any atom is -0.494 e. The molecule has 2 heterocycles. The average Bonchev–Trinajstić information content (AvgIpc) is 2.57. The van der Waals surface area contributed by atoms with E-state index in [0.29, 0.717) is 10.6 Å². The normalized spacial score (nSPS) is 23.7. The Morgan fingerprint density at radius 1 is 1.12 bits per heavy atom. The topological polar surface area (TPSA) is 92.3 Å². The van der Waals surface area contributed by atoms with E-state index >= 15 is 0 Å². The van der Waals surface area contributed by atoms with Crippen LogP contribution in [0.15, 0.2) is 22.1 Å². The second-order valence-corrected chi connectivity index (χ2v) is 6.80. The van der Waals surface area contributed by atoms with Crippen molar-refractivity contribution in [2.24, 2.45) is 5.41 Å². The number of thiol groups is 1. The number of nitriles is 2. The van der Waals surface area contributed by atoms with Gasteiger partial charge >= 0.3 is 0 Å². The Balaban J connectivity index is 0.000000249. The fraction of sp³-hybridized carbons (Fsp3) is 0.647. The number of allylic oxidation sites excluding steroid dienone is 2. The van der Waals surface area contributed by atoms with Crippen molar-refractivity contribution in [2.45, 2.75) is 32.1 Å². The Morgan fingerprint density at radius 2 is 1.71 bits per heavy atom. The molecule has 7 heteroatoms. The van der Waals surface area contributed by atoms with Gasteiger partial charge in [-0.25, -0.2) is 0 Å². The molecular formula is C17H24N4O2S. The quantitative estimate of drug-likeness (QED) is 0.582. The van der Waals surface area contributed by atoms with Gasteiger partial charge in [-0.05, 0) is 19.9 Å². The van der Waals surface area contributed by atoms with Crippen LogP contribution in [0.4, 0.5) is 0 Å². The Bertz CT molecular complexity index is 565. The third-order valence-electron chi connectivity index (χ3n) is 4.83. The van der Waals surface area contributed by atoms with E-state index in [4.69, 9.17) is 4.74 Å². The van der Waals surface area contributed by atoms with E-state index in [-0.39, 0.29) is 11.5 Å². The van der Waals surface area contributed by atoms with Crippen LogP contribution in [0.1, 0.15) is 32.1 Å². The summed E-state index contributed by atoms with van der Waals surface area (Å²) in [6.45, 7) is 4.02. The number of dihydropyridines is 1. The molecular weight excluding hydrogens is 324 g/mol. The van der Waals surface area contributed by atoms with Crippen LogP contribution in [0.25, 0.3) is 0 Å². The van der Waals surface area contributed by atoms with Crippen molar-refractivity contribution in [3.8, 4) is 12.1 Å². The van der Waals surface area contributed by atoms with Gasteiger partial charge in [0.2, 0.25) is 5.88 Å². The van der Waals surface area contributed by atoms with E-state index in [1.807, 2.05) is 6.07 Å². The summed E-state index contributed by atoms with van der Waals surface area (Å²) in [6, 6.07) is 4.19. The third kappa shape index (κ3) is 3.87. The summed E-state index contributed by atoms with van der Waals surface area (Å²) < 4.78 is 5.10. The molecule has 1 spiro atoms. The van der Waals surface area contributed by atoms with Crippen LogP contribution < -0.4 is 5.32 Å². The number of hydrogen-bond acceptors (Lipinski definition) is 7. The molecule has 0 unspecified atom stereocenters. The van der Waals surface area contributed by atoms with Gasteiger partial charge in [0.15, 0.2) is 0 Å². The average molecular weight is 348 g/mol. The third-order valence-corrected chi connectivity index (χ3v) is 5.17. The smallest absolute Gasteiger partial charge is 0.204 e. The van der Waals surface area contributed by atoms with Gasteiger partial charge in [0.25, 0.3) is 0 Å². The highest BCUT2D eigenvalue weighted by atomic mass is 32.1. The molecule has 0 aromatic heterocycles. The van der Waals surface area contributed by atoms with Crippen LogP contribution in [0.5, 0.6) is 0 Å². The molecule has 0 aromatic rings. The molecule has 1 aliphatic carbocycles. The zero-order valence-electron chi connectivity index (χ0n) is 14.0. The fourth-order valence-electron chi connectivity index (χ4n) is 3.45. The monoisotopic (exact) mass is 348 g/mol. The van der Waals surface area contributed by atoms with E-state index in [0.717, 1.165) is 58.4 Å². The SMILES string of the molecule is CN1CCOCC1.N#CC1=C(O)NC(S)=C(C#N)C12CCCCC2. The predicted molar refractivity (Wildman–Crippen MR) is 93.9 cm³/mol. The van der Waals surface area contributed by atoms with Gasteiger partial charge in [0.1, 0.15) is 11.6 Å². The molecule has 130 valence electrons. The highest BCUT2D eigenvalue weighted by Crippen LogP contribution is 2.51. The van der Waals surface area contributed by atoms with E-state index in [9.17, 15) is 15.6 Å². The summed E-state index contributed by atoms with van der Waals surface area (Å²) in [5, 5.41) is 31.3. The summed E-state index contributed by atoms with van der Waals surface area (Å²) in [7, 11) is 2.11. The number of morpholine rings is 1. The zero-order valence-corrected chi connectivity index (χ0v) is 14.9. The lowest BCUT2D eigenvalue weighted by atomic mass is 9.64. The lowest BCUT2D eigenvalue weighted by Gasteiger charge is -2.39. The number of ether oxygens (including phenoxy) is 1. The number of rotatable bonds is 0. The summed E-state index contributed by atoms with van der Waals surface area (Å²) in [5.74, 6) is -0.154. The summed E-state index contributed by atoms with van der Waals surface area (Å²) in [6.07, 6.45) is 4.49. The van der Waals surface area contributed by atoms with E-state index in [1.54, 1.807) is 0 Å². The van der Waals surface area contributed by atoms with Gasteiger partial charge in [-0.2, -0.15) is 10.5 Å². The number of aliphatic hydroxyl groups is 1. The summed E-state index contributed by atoms with van der Waals surface area (Å²) in [4.78, 5) is 2.27. The second kappa shape index (κ2) is 8.43. The van der Waals surface area contributed by atoms with Crippen molar-refractivity contribution in [3.63, 3.8) is 0 Å². The first kappa shape index (κ1) is 18.7. The maximum absolute atomic E-state index is 9.82. The molecule has 0 radical (unpaired) electrons. The van der Waals surface area contributed by atoms with Crippen molar-refractivity contribution >= 4 is 12.6 Å². The molecule has 6 nitrogen and oxygen atoms in total. The maximum atomic E-state index is 9.82. The number of nitrogens with zero attached hydrogens (tertiary/aromatic N) is 3. The molecule has 3 aliphatic rings. The number of aliphatic hydroxyl groups excluding tert-OH is 1. The van der Waals surface area contributed by atoms with Gasteiger partial charge in [0.05, 0.1) is 29.9 Å². The first-order valence-electron chi connectivity index (χ1n) is 8.26. The standard InChI is InChI=1S/C12H13N3OS.C5H11NO/c13-6-8-10(16)15-11(17)9(7-14)12(8)4-2-1-3-5-12;1-6-2-4-7-5-3-6/h15-17H,1-5H2;2-5H2,1H3. The molecule has 1 saturated heterocycles. The van der Waals surface area contributed by atoms with Gasteiger partial charge in [-0.15, -0.1) is 12.6 Å². The van der Waals surface area contributed by atoms with Gasteiger partial charge < -0.3 is 20.1 Å². The molecule has 0 aromatic carbocycles. The molecule has 3 rings (SSSR count). The molecule has 1 saturated carbocycles. The lowest BCUT2D eigenvalue weighted by molar-refractivity contribution is 0.0503. The molecule has 0 bridgehead atoms. The molecule has 0 atom stereocenters. The lowest BCUT2D eigenvalue weighted by Crippen LogP contribution is -2.36. The van der Waals surface area contributed by atoms with Crippen molar-refractivity contribution < 1.29 is 9.84 Å². The van der Waals surface area contributed by atoms with E-state index in [1.165, 1.54) is 0 Å². The Morgan fingerprint density at radius 3 is 2.17 bits per heavy atom. The predicted octanol–water partition coefficient (Wildman–Crippen LogP) is 2.45. The van der Waals surface area contributed by atoms with Crippen LogP contribution in [-0.2, 0) is 4.74 Å². The van der Waals surface area contributed by atoms with Crippen LogP contribution in [0, 0.1) is 28.1 Å². The first-order chi connectivity index (χ1) is 11.5. The van der Waals surface area contributed by atoms with E-state index in [2.05, 4.69) is 36.0 Å². The number of hydrogen-bond donors (Lipinski definition) is 3. The molecule has 24 heavy (non-hydrogen) atoms. The molecule has 2 N–H and O–H groups in total. The maximum Gasteiger partial charge on any atom is 0.204 e. The van der Waals surface area contributed by atoms with Crippen LogP contribution in [0.2, 0.25) is 0 Å². The Hall–Kier alpha value is -1.67. The minimum atomic E-state index is -0.617. The second-order valence-electron chi connectivity index (χ2n) is 6.35. The number of likely N-dealkylation sites (N-methyl/N-ethyl adjacent to an activating group) is 1. The fourth-order valence-corrected chi connectivity index (χ4v) is 3.82. The summed E-state index contributed by atoms with van der Waals surface area (Å²) >= 11 is 4.20. The van der Waals surface area contributed by atoms with Crippen LogP contribution in [0.3, 0.4) is 0 Å². The van der Waals surface area contributed by atoms with Gasteiger partial charge in [-0.1, -0.05) is 19.3 Å². The molecule has 2 aliphatic heterocycles. The van der Waals surface area contributed by atoms with Crippen molar-refractivity contribution in [1.82, 2.24) is 10.2 Å². The highest BCUT2D eigenvalue weighted by Gasteiger charge is 2.45. The summed E-state index contributed by atoms with van der Waals surface area (Å²) in [5.41, 5.74) is 0.148. The van der Waals surface area contributed by atoms with Crippen molar-refractivity contribution in [3.05, 3.63) is 22.1 Å². The van der Waals surface area contributed by atoms with Gasteiger partial charge in [0, 0.05) is 18.5 Å². The number of nitrogens with one attached hydrogen (secondary N) is 1. The highest BCUT2D eigenvalue weighted by molar-refractivity contribution is 7.84. The van der Waals surface area contributed by atoms with Crippen molar-refractivity contribution in [2.75, 3.05) is 33.4 Å².